The molecule has 0 amide bonds. The highest BCUT2D eigenvalue weighted by atomic mass is 28.3. The Morgan fingerprint density at radius 2 is 1.16 bits per heavy atom. The summed E-state index contributed by atoms with van der Waals surface area (Å²) in [6.07, 6.45) is 0. The maximum atomic E-state index is 6.34. The quantitative estimate of drug-likeness (QED) is 0.490. The third-order valence-corrected chi connectivity index (χ3v) is 5.94. The van der Waals surface area contributed by atoms with E-state index in [1.165, 1.54) is 0 Å². The van der Waals surface area contributed by atoms with Crippen LogP contribution in [0.3, 0.4) is 0 Å². The highest BCUT2D eigenvalue weighted by Crippen LogP contribution is 2.62. The average Bonchev–Trinajstić information content (AvgIpc) is 3.25. The van der Waals surface area contributed by atoms with Gasteiger partial charge >= 0.3 is 9.53 Å². The van der Waals surface area contributed by atoms with E-state index in [0.717, 1.165) is 0 Å². The van der Waals surface area contributed by atoms with Gasteiger partial charge in [-0.15, -0.1) is 0 Å². The van der Waals surface area contributed by atoms with Gasteiger partial charge in [-0.1, -0.05) is 0 Å². The summed E-state index contributed by atoms with van der Waals surface area (Å²) in [6, 6.07) is 0. The van der Waals surface area contributed by atoms with E-state index < -0.39 is 31.9 Å². The minimum atomic E-state index is -2.24. The molecule has 0 bridgehead atoms. The largest absolute Gasteiger partial charge is 0.484 e. The number of ether oxygens (including phenoxy) is 3. The van der Waals surface area contributed by atoms with Gasteiger partial charge in [0.2, 0.25) is 0 Å². The van der Waals surface area contributed by atoms with Gasteiger partial charge in [-0.05, 0) is 20.8 Å². The molecule has 3 unspecified atom stereocenters. The Bertz CT molecular complexity index is 325. The summed E-state index contributed by atoms with van der Waals surface area (Å²) < 4.78 is 34.2. The van der Waals surface area contributed by atoms with Crippen LogP contribution in [0.25, 0.3) is 0 Å². The van der Waals surface area contributed by atoms with E-state index in [1.807, 2.05) is 20.8 Å². The molecule has 3 saturated heterocycles. The van der Waals surface area contributed by atoms with E-state index in [4.69, 9.17) is 27.5 Å². The van der Waals surface area contributed by atoms with Gasteiger partial charge in [0, 0.05) is 14.2 Å². The topological polar surface area (TPSA) is 65.3 Å². The minimum absolute atomic E-state index is 0.411. The van der Waals surface area contributed by atoms with Gasteiger partial charge in [0.15, 0.2) is 5.60 Å². The summed E-state index contributed by atoms with van der Waals surface area (Å²) in [7, 11) is 0.973. The van der Waals surface area contributed by atoms with Gasteiger partial charge in [0.25, 0.3) is 0 Å². The maximum absolute atomic E-state index is 6.34. The molecule has 3 aliphatic rings. The Morgan fingerprint density at radius 3 is 1.37 bits per heavy atom. The molecule has 110 valence electrons. The van der Waals surface area contributed by atoms with Crippen LogP contribution >= 0.6 is 0 Å². The smallest absolute Gasteiger partial charge is 0.379 e. The van der Waals surface area contributed by atoms with Crippen molar-refractivity contribution in [3.63, 3.8) is 0 Å². The molecule has 7 heteroatoms. The molecular formula is C12H22O6Si. The molecule has 0 spiro atoms. The minimum Gasteiger partial charge on any atom is -0.379 e. The van der Waals surface area contributed by atoms with Crippen LogP contribution < -0.4 is 0 Å². The van der Waals surface area contributed by atoms with Gasteiger partial charge in [-0.25, -0.2) is 0 Å². The SMILES string of the molecule is CO[SiH](OC)OC(C1(C)CO1)(C1(C)CO1)C1(C)CO1. The van der Waals surface area contributed by atoms with Crippen LogP contribution in [-0.2, 0) is 27.5 Å². The first-order valence-electron chi connectivity index (χ1n) is 6.52. The summed E-state index contributed by atoms with van der Waals surface area (Å²) in [4.78, 5) is 0. The molecule has 3 fully saturated rings. The number of rotatable bonds is 7. The van der Waals surface area contributed by atoms with Crippen LogP contribution in [0, 0.1) is 0 Å². The zero-order chi connectivity index (χ0) is 13.9. The van der Waals surface area contributed by atoms with Gasteiger partial charge in [0.1, 0.15) is 16.8 Å². The Balaban J connectivity index is 1.98. The van der Waals surface area contributed by atoms with E-state index in [1.54, 1.807) is 14.2 Å². The van der Waals surface area contributed by atoms with Crippen molar-refractivity contribution in [2.24, 2.45) is 0 Å². The average molecular weight is 290 g/mol. The number of epoxide rings is 3. The van der Waals surface area contributed by atoms with Gasteiger partial charge < -0.3 is 27.5 Å². The van der Waals surface area contributed by atoms with Crippen LogP contribution in [0.5, 0.6) is 0 Å². The fourth-order valence-electron chi connectivity index (χ4n) is 3.32. The Labute approximate surface area is 115 Å². The Morgan fingerprint density at radius 1 is 0.842 bits per heavy atom. The Kier molecular flexibility index (Phi) is 2.94. The predicted molar refractivity (Wildman–Crippen MR) is 68.1 cm³/mol. The molecule has 3 atom stereocenters. The van der Waals surface area contributed by atoms with Gasteiger partial charge in [0.05, 0.1) is 19.8 Å². The molecule has 0 N–H and O–H groups in total. The molecular weight excluding hydrogens is 268 g/mol. The normalized spacial score (nSPS) is 47.1. The molecule has 19 heavy (non-hydrogen) atoms. The molecule has 0 aromatic carbocycles. The molecule has 0 aromatic heterocycles. The third kappa shape index (κ3) is 1.77. The monoisotopic (exact) mass is 290 g/mol. The van der Waals surface area contributed by atoms with E-state index in [-0.39, 0.29) is 0 Å². The van der Waals surface area contributed by atoms with E-state index in [9.17, 15) is 0 Å². The Hall–Kier alpha value is -0.0231. The zero-order valence-corrected chi connectivity index (χ0v) is 13.3. The summed E-state index contributed by atoms with van der Waals surface area (Å²) in [5, 5.41) is 0. The van der Waals surface area contributed by atoms with Crippen LogP contribution in [0.4, 0.5) is 0 Å². The first-order chi connectivity index (χ1) is 8.86. The summed E-state index contributed by atoms with van der Waals surface area (Å²) in [6.45, 7) is 8.05. The molecule has 3 aliphatic heterocycles. The van der Waals surface area contributed by atoms with Crippen molar-refractivity contribution >= 4 is 9.53 Å². The van der Waals surface area contributed by atoms with E-state index in [2.05, 4.69) is 0 Å². The first kappa shape index (κ1) is 13.9. The molecule has 3 rings (SSSR count). The predicted octanol–water partition coefficient (Wildman–Crippen LogP) is 0.118. The van der Waals surface area contributed by atoms with E-state index in [0.29, 0.717) is 19.8 Å². The molecule has 0 saturated carbocycles. The molecule has 0 aliphatic carbocycles. The lowest BCUT2D eigenvalue weighted by Gasteiger charge is -2.45. The lowest BCUT2D eigenvalue weighted by atomic mass is 9.70. The molecule has 0 radical (unpaired) electrons. The van der Waals surface area contributed by atoms with Crippen molar-refractivity contribution in [2.45, 2.75) is 43.2 Å². The third-order valence-electron chi connectivity index (χ3n) is 4.62. The second kappa shape index (κ2) is 4.00. The fourth-order valence-corrected chi connectivity index (χ4v) is 4.74. The fraction of sp³-hybridized carbons (Fsp3) is 1.00. The lowest BCUT2D eigenvalue weighted by molar-refractivity contribution is -0.137. The van der Waals surface area contributed by atoms with Crippen LogP contribution in [-0.4, -0.2) is 66.0 Å². The van der Waals surface area contributed by atoms with Crippen LogP contribution in [0.2, 0.25) is 0 Å². The second-order valence-corrected chi connectivity index (χ2v) is 7.87. The van der Waals surface area contributed by atoms with Crippen LogP contribution in [0.15, 0.2) is 0 Å². The molecule has 6 nitrogen and oxygen atoms in total. The number of hydrogen-bond acceptors (Lipinski definition) is 6. The molecule has 0 aromatic rings. The zero-order valence-electron chi connectivity index (χ0n) is 12.1. The van der Waals surface area contributed by atoms with Crippen molar-refractivity contribution in [1.29, 1.82) is 0 Å². The highest BCUT2D eigenvalue weighted by Gasteiger charge is 2.83. The second-order valence-electron chi connectivity index (χ2n) is 6.12. The standard InChI is InChI=1S/C12H22O6Si/c1-9(6-15-9)12(10(2)7-16-10,11(3)8-17-11)18-19(13-4)14-5/h19H,6-8H2,1-5H3. The van der Waals surface area contributed by atoms with Crippen molar-refractivity contribution in [1.82, 2.24) is 0 Å². The summed E-state index contributed by atoms with van der Waals surface area (Å²) in [5.41, 5.74) is -1.92. The molecule has 3 heterocycles. The number of hydrogen-bond donors (Lipinski definition) is 0. The van der Waals surface area contributed by atoms with Crippen molar-refractivity contribution in [3.8, 4) is 0 Å². The van der Waals surface area contributed by atoms with Crippen molar-refractivity contribution in [3.05, 3.63) is 0 Å². The van der Waals surface area contributed by atoms with Crippen molar-refractivity contribution in [2.75, 3.05) is 34.0 Å². The maximum Gasteiger partial charge on any atom is 0.484 e. The lowest BCUT2D eigenvalue weighted by Crippen LogP contribution is -2.67. The summed E-state index contributed by atoms with van der Waals surface area (Å²) >= 11 is 0. The van der Waals surface area contributed by atoms with Gasteiger partial charge in [-0.3, -0.25) is 0 Å². The first-order valence-corrected chi connectivity index (χ1v) is 7.93. The summed E-state index contributed by atoms with van der Waals surface area (Å²) in [5.74, 6) is 0. The highest BCUT2D eigenvalue weighted by molar-refractivity contribution is 6.36. The van der Waals surface area contributed by atoms with Gasteiger partial charge in [-0.2, -0.15) is 0 Å². The van der Waals surface area contributed by atoms with E-state index >= 15 is 0 Å². The van der Waals surface area contributed by atoms with Crippen LogP contribution in [0.1, 0.15) is 20.8 Å². The van der Waals surface area contributed by atoms with Crippen molar-refractivity contribution < 1.29 is 27.5 Å².